The smallest absolute Gasteiger partial charge is 0.264 e. The largest absolute Gasteiger partial charge is 0.492 e. The van der Waals surface area contributed by atoms with Crippen molar-refractivity contribution in [1.29, 1.82) is 0 Å². The fourth-order valence-corrected chi connectivity index (χ4v) is 5.33. The first-order valence-electron chi connectivity index (χ1n) is 12.3. The lowest BCUT2D eigenvalue weighted by molar-refractivity contribution is -0.139. The quantitative estimate of drug-likeness (QED) is 0.374. The van der Waals surface area contributed by atoms with Gasteiger partial charge in [0.1, 0.15) is 24.2 Å². The third kappa shape index (κ3) is 6.69. The second-order valence-electron chi connectivity index (χ2n) is 8.41. The molecule has 3 rings (SSSR count). The molecule has 0 fully saturated rings. The molecule has 1 N–H and O–H groups in total. The highest BCUT2D eigenvalue weighted by atomic mass is 32.2. The summed E-state index contributed by atoms with van der Waals surface area (Å²) in [5, 5.41) is 2.67. The van der Waals surface area contributed by atoms with Gasteiger partial charge in [0, 0.05) is 18.7 Å². The van der Waals surface area contributed by atoms with E-state index in [9.17, 15) is 22.4 Å². The summed E-state index contributed by atoms with van der Waals surface area (Å²) in [6.07, 6.45) is 0. The van der Waals surface area contributed by atoms with Gasteiger partial charge in [0.25, 0.3) is 10.0 Å². The summed E-state index contributed by atoms with van der Waals surface area (Å²) >= 11 is 0. The minimum Gasteiger partial charge on any atom is -0.492 e. The van der Waals surface area contributed by atoms with Crippen LogP contribution < -0.4 is 14.4 Å². The monoisotopic (exact) mass is 541 g/mol. The first-order chi connectivity index (χ1) is 18.2. The number of anilines is 1. The number of hydrogen-bond acceptors (Lipinski definition) is 5. The van der Waals surface area contributed by atoms with Gasteiger partial charge in [0.15, 0.2) is 0 Å². The summed E-state index contributed by atoms with van der Waals surface area (Å²) in [4.78, 5) is 27.7. The number of benzene rings is 3. The molecule has 202 valence electrons. The summed E-state index contributed by atoms with van der Waals surface area (Å²) in [5.41, 5.74) is 0.368. The third-order valence-corrected chi connectivity index (χ3v) is 7.63. The molecule has 0 spiro atoms. The number of nitrogens with one attached hydrogen (secondary N) is 1. The molecule has 38 heavy (non-hydrogen) atoms. The van der Waals surface area contributed by atoms with Crippen LogP contribution in [0.5, 0.6) is 5.75 Å². The Bertz CT molecular complexity index is 1350. The Morgan fingerprint density at radius 1 is 0.947 bits per heavy atom. The molecule has 0 bridgehead atoms. The van der Waals surface area contributed by atoms with Crippen molar-refractivity contribution >= 4 is 27.5 Å². The van der Waals surface area contributed by atoms with E-state index in [4.69, 9.17) is 4.74 Å². The molecule has 0 aromatic heterocycles. The predicted molar refractivity (Wildman–Crippen MR) is 144 cm³/mol. The Hall–Kier alpha value is -3.92. The van der Waals surface area contributed by atoms with Crippen LogP contribution in [-0.2, 0) is 26.2 Å². The van der Waals surface area contributed by atoms with Gasteiger partial charge >= 0.3 is 0 Å². The maximum Gasteiger partial charge on any atom is 0.264 e. The number of nitrogens with zero attached hydrogens (tertiary/aromatic N) is 2. The molecular weight excluding hydrogens is 509 g/mol. The Morgan fingerprint density at radius 3 is 2.24 bits per heavy atom. The summed E-state index contributed by atoms with van der Waals surface area (Å²) in [6, 6.07) is 19.2. The topological polar surface area (TPSA) is 96.0 Å². The van der Waals surface area contributed by atoms with E-state index in [1.165, 1.54) is 42.2 Å². The van der Waals surface area contributed by atoms with Crippen molar-refractivity contribution < 1.29 is 27.1 Å². The molecule has 10 heteroatoms. The van der Waals surface area contributed by atoms with Gasteiger partial charge in [-0.2, -0.15) is 0 Å². The van der Waals surface area contributed by atoms with Gasteiger partial charge in [0.05, 0.1) is 17.2 Å². The highest BCUT2D eigenvalue weighted by Crippen LogP contribution is 2.32. The highest BCUT2D eigenvalue weighted by molar-refractivity contribution is 7.92. The number of likely N-dealkylation sites (N-methyl/N-ethyl adjacent to an activating group) is 1. The van der Waals surface area contributed by atoms with Crippen molar-refractivity contribution in [3.05, 3.63) is 90.2 Å². The van der Waals surface area contributed by atoms with Gasteiger partial charge in [-0.05, 0) is 51.1 Å². The van der Waals surface area contributed by atoms with E-state index in [1.807, 2.05) is 0 Å². The highest BCUT2D eigenvalue weighted by Gasteiger charge is 2.33. The first kappa shape index (κ1) is 28.6. The van der Waals surface area contributed by atoms with Crippen LogP contribution in [0.3, 0.4) is 0 Å². The van der Waals surface area contributed by atoms with Crippen molar-refractivity contribution in [1.82, 2.24) is 10.2 Å². The van der Waals surface area contributed by atoms with Gasteiger partial charge < -0.3 is 15.0 Å². The number of halogens is 1. The lowest BCUT2D eigenvalue weighted by Gasteiger charge is -2.32. The molecule has 0 saturated carbocycles. The number of sulfonamides is 1. The Kier molecular flexibility index (Phi) is 9.84. The van der Waals surface area contributed by atoms with Crippen molar-refractivity contribution in [3.63, 3.8) is 0 Å². The Balaban J connectivity index is 2.08. The zero-order chi connectivity index (χ0) is 27.7. The lowest BCUT2D eigenvalue weighted by atomic mass is 10.1. The zero-order valence-electron chi connectivity index (χ0n) is 21.6. The van der Waals surface area contributed by atoms with Crippen molar-refractivity contribution in [2.75, 3.05) is 24.0 Å². The molecular formula is C28H32FN3O5S. The van der Waals surface area contributed by atoms with Crippen LogP contribution in [0.1, 0.15) is 26.3 Å². The van der Waals surface area contributed by atoms with Crippen molar-refractivity contribution in [3.8, 4) is 5.75 Å². The molecule has 3 aromatic rings. The van der Waals surface area contributed by atoms with E-state index in [-0.39, 0.29) is 35.0 Å². The fraction of sp³-hybridized carbons (Fsp3) is 0.286. The molecule has 0 heterocycles. The average molecular weight is 542 g/mol. The minimum absolute atomic E-state index is 0.0171. The first-order valence-corrected chi connectivity index (χ1v) is 13.7. The van der Waals surface area contributed by atoms with Gasteiger partial charge in [-0.1, -0.05) is 48.5 Å². The maximum absolute atomic E-state index is 14.5. The Labute approximate surface area is 223 Å². The normalized spacial score (nSPS) is 11.9. The third-order valence-electron chi connectivity index (χ3n) is 5.86. The van der Waals surface area contributed by atoms with Crippen LogP contribution >= 0.6 is 0 Å². The van der Waals surface area contributed by atoms with Crippen LogP contribution in [0, 0.1) is 5.82 Å². The summed E-state index contributed by atoms with van der Waals surface area (Å²) in [6.45, 7) is 4.77. The molecule has 3 aromatic carbocycles. The summed E-state index contributed by atoms with van der Waals surface area (Å²) < 4.78 is 48.8. The van der Waals surface area contributed by atoms with E-state index < -0.39 is 40.2 Å². The van der Waals surface area contributed by atoms with Crippen LogP contribution in [0.15, 0.2) is 83.8 Å². The molecule has 0 radical (unpaired) electrons. The van der Waals surface area contributed by atoms with Crippen molar-refractivity contribution in [2.24, 2.45) is 0 Å². The second-order valence-corrected chi connectivity index (χ2v) is 10.3. The molecule has 8 nitrogen and oxygen atoms in total. The molecule has 0 aliphatic heterocycles. The number of ether oxygens (including phenoxy) is 1. The van der Waals surface area contributed by atoms with Gasteiger partial charge in [-0.3, -0.25) is 13.9 Å². The maximum atomic E-state index is 14.5. The number of para-hydroxylation sites is 2. The molecule has 2 amide bonds. The fourth-order valence-electron chi connectivity index (χ4n) is 3.89. The summed E-state index contributed by atoms with van der Waals surface area (Å²) in [7, 11) is -4.23. The SMILES string of the molecule is CCNC(=O)C(C)N(Cc1ccccc1F)C(=O)CN(c1ccccc1OCC)S(=O)(=O)c1ccccc1. The van der Waals surface area contributed by atoms with Crippen LogP contribution in [0.2, 0.25) is 0 Å². The van der Waals surface area contributed by atoms with Crippen LogP contribution in [-0.4, -0.2) is 50.9 Å². The standard InChI is InChI=1S/C28H32FN3O5S/c1-4-30-28(34)21(3)31(19-22-13-9-10-16-24(22)29)27(33)20-32(25-17-11-12-18-26(25)37-5-2)38(35,36)23-14-7-6-8-15-23/h6-18,21H,4-5,19-20H2,1-3H3,(H,30,34). The van der Waals surface area contributed by atoms with Crippen LogP contribution in [0.25, 0.3) is 0 Å². The zero-order valence-corrected chi connectivity index (χ0v) is 22.4. The molecule has 0 aliphatic rings. The molecule has 1 unspecified atom stereocenters. The number of carbonyl (C=O) groups is 2. The number of hydrogen-bond donors (Lipinski definition) is 1. The predicted octanol–water partition coefficient (Wildman–Crippen LogP) is 3.97. The van der Waals surface area contributed by atoms with E-state index in [2.05, 4.69) is 5.32 Å². The van der Waals surface area contributed by atoms with Crippen molar-refractivity contribution in [2.45, 2.75) is 38.3 Å². The van der Waals surface area contributed by atoms with Gasteiger partial charge in [0.2, 0.25) is 11.8 Å². The molecule has 1 atom stereocenters. The van der Waals surface area contributed by atoms with Gasteiger partial charge in [-0.15, -0.1) is 0 Å². The van der Waals surface area contributed by atoms with E-state index in [1.54, 1.807) is 62.4 Å². The van der Waals surface area contributed by atoms with E-state index in [0.29, 0.717) is 6.54 Å². The molecule has 0 saturated heterocycles. The number of amides is 2. The second kappa shape index (κ2) is 13.0. The number of rotatable bonds is 12. The van der Waals surface area contributed by atoms with E-state index >= 15 is 0 Å². The minimum atomic E-state index is -4.23. The Morgan fingerprint density at radius 2 is 1.58 bits per heavy atom. The summed E-state index contributed by atoms with van der Waals surface area (Å²) in [5.74, 6) is -1.38. The number of carbonyl (C=O) groups excluding carboxylic acids is 2. The lowest BCUT2D eigenvalue weighted by Crippen LogP contribution is -2.51. The van der Waals surface area contributed by atoms with E-state index in [0.717, 1.165) is 4.31 Å². The molecule has 0 aliphatic carbocycles. The van der Waals surface area contributed by atoms with Crippen LogP contribution in [0.4, 0.5) is 10.1 Å². The van der Waals surface area contributed by atoms with Gasteiger partial charge in [-0.25, -0.2) is 12.8 Å². The average Bonchev–Trinajstić information content (AvgIpc) is 2.92.